The van der Waals surface area contributed by atoms with Gasteiger partial charge in [0.05, 0.1) is 12.3 Å². The highest BCUT2D eigenvalue weighted by Gasteiger charge is 2.18. The van der Waals surface area contributed by atoms with E-state index in [0.717, 1.165) is 5.56 Å². The van der Waals surface area contributed by atoms with Gasteiger partial charge in [-0.05, 0) is 42.0 Å². The molecular formula is C22H18ClFN4O3. The fourth-order valence-corrected chi connectivity index (χ4v) is 3.40. The Morgan fingerprint density at radius 1 is 1.10 bits per heavy atom. The number of rotatable bonds is 6. The molecule has 2 aromatic heterocycles. The molecule has 7 nitrogen and oxygen atoms in total. The highest BCUT2D eigenvalue weighted by atomic mass is 35.5. The van der Waals surface area contributed by atoms with Gasteiger partial charge in [-0.25, -0.2) is 8.91 Å². The fourth-order valence-electron chi connectivity index (χ4n) is 3.28. The quantitative estimate of drug-likeness (QED) is 0.482. The SMILES string of the molecule is O=C(Cn1ccn2nc(-c3ccc(F)cc3)c(CO)c2c1=O)NCc1ccc(Cl)cc1. The zero-order valence-corrected chi connectivity index (χ0v) is 17.0. The monoisotopic (exact) mass is 440 g/mol. The first-order chi connectivity index (χ1) is 15.0. The van der Waals surface area contributed by atoms with E-state index in [1.165, 1.54) is 45.7 Å². The third kappa shape index (κ3) is 4.35. The van der Waals surface area contributed by atoms with Crippen LogP contribution >= 0.6 is 11.6 Å². The number of halogens is 2. The maximum atomic E-state index is 13.2. The van der Waals surface area contributed by atoms with E-state index in [2.05, 4.69) is 10.4 Å². The molecule has 2 heterocycles. The van der Waals surface area contributed by atoms with Crippen LogP contribution in [-0.2, 0) is 24.5 Å². The van der Waals surface area contributed by atoms with Crippen LogP contribution in [0.25, 0.3) is 16.8 Å². The van der Waals surface area contributed by atoms with Gasteiger partial charge in [0.15, 0.2) is 0 Å². The van der Waals surface area contributed by atoms with E-state index in [9.17, 15) is 19.1 Å². The van der Waals surface area contributed by atoms with Crippen LogP contribution in [0.15, 0.2) is 65.7 Å². The number of hydrogen-bond acceptors (Lipinski definition) is 4. The fraction of sp³-hybridized carbons (Fsp3) is 0.136. The number of nitrogens with zero attached hydrogens (tertiary/aromatic N) is 3. The van der Waals surface area contributed by atoms with Crippen molar-refractivity contribution in [2.24, 2.45) is 0 Å². The molecule has 2 N–H and O–H groups in total. The van der Waals surface area contributed by atoms with Crippen molar-refractivity contribution < 1.29 is 14.3 Å². The Labute approximate surface area is 181 Å². The van der Waals surface area contributed by atoms with Gasteiger partial charge in [0.1, 0.15) is 17.9 Å². The summed E-state index contributed by atoms with van der Waals surface area (Å²) in [7, 11) is 0. The molecule has 0 aliphatic rings. The summed E-state index contributed by atoms with van der Waals surface area (Å²) in [5, 5.41) is 17.6. The molecule has 0 spiro atoms. The van der Waals surface area contributed by atoms with Crippen molar-refractivity contribution in [3.8, 4) is 11.3 Å². The van der Waals surface area contributed by atoms with E-state index in [0.29, 0.717) is 28.4 Å². The number of amides is 1. The van der Waals surface area contributed by atoms with Gasteiger partial charge < -0.3 is 15.0 Å². The van der Waals surface area contributed by atoms with E-state index in [-0.39, 0.29) is 18.0 Å². The molecule has 31 heavy (non-hydrogen) atoms. The lowest BCUT2D eigenvalue weighted by Crippen LogP contribution is -2.32. The smallest absolute Gasteiger partial charge is 0.277 e. The average molecular weight is 441 g/mol. The summed E-state index contributed by atoms with van der Waals surface area (Å²) < 4.78 is 15.9. The maximum Gasteiger partial charge on any atom is 0.277 e. The number of aliphatic hydroxyl groups is 1. The van der Waals surface area contributed by atoms with Crippen LogP contribution in [0.3, 0.4) is 0 Å². The molecule has 0 bridgehead atoms. The topological polar surface area (TPSA) is 88.6 Å². The van der Waals surface area contributed by atoms with E-state index < -0.39 is 18.0 Å². The standard InChI is InChI=1S/C22H18ClFN4O3/c23-16-5-1-14(2-6-16)11-25-19(30)12-27-9-10-28-21(22(27)31)18(13-29)20(26-28)15-3-7-17(24)8-4-15/h1-10,29H,11-13H2,(H,25,30). The van der Waals surface area contributed by atoms with Crippen molar-refractivity contribution in [2.45, 2.75) is 19.7 Å². The zero-order valence-electron chi connectivity index (χ0n) is 16.3. The van der Waals surface area contributed by atoms with Gasteiger partial charge in [0.25, 0.3) is 5.56 Å². The van der Waals surface area contributed by atoms with Crippen LogP contribution in [-0.4, -0.2) is 25.2 Å². The lowest BCUT2D eigenvalue weighted by atomic mass is 10.1. The van der Waals surface area contributed by atoms with Gasteiger partial charge in [-0.3, -0.25) is 9.59 Å². The molecule has 158 valence electrons. The van der Waals surface area contributed by atoms with Gasteiger partial charge in [-0.1, -0.05) is 23.7 Å². The highest BCUT2D eigenvalue weighted by molar-refractivity contribution is 6.30. The minimum Gasteiger partial charge on any atom is -0.392 e. The van der Waals surface area contributed by atoms with Gasteiger partial charge >= 0.3 is 0 Å². The number of carbonyl (C=O) groups is 1. The first-order valence-electron chi connectivity index (χ1n) is 9.45. The third-order valence-corrected chi connectivity index (χ3v) is 5.10. The molecule has 0 fully saturated rings. The number of benzene rings is 2. The highest BCUT2D eigenvalue weighted by Crippen LogP contribution is 2.25. The molecule has 0 aliphatic heterocycles. The molecule has 4 rings (SSSR count). The minimum atomic E-state index is -0.464. The molecule has 0 saturated heterocycles. The number of aromatic nitrogens is 3. The molecule has 4 aromatic rings. The first kappa shape index (κ1) is 20.8. The third-order valence-electron chi connectivity index (χ3n) is 4.85. The van der Waals surface area contributed by atoms with Crippen LogP contribution in [0, 0.1) is 5.82 Å². The Morgan fingerprint density at radius 2 is 1.81 bits per heavy atom. The van der Waals surface area contributed by atoms with Crippen LogP contribution in [0.4, 0.5) is 4.39 Å². The summed E-state index contributed by atoms with van der Waals surface area (Å²) in [6.45, 7) is -0.320. The van der Waals surface area contributed by atoms with Crippen molar-refractivity contribution in [3.05, 3.63) is 93.2 Å². The Morgan fingerprint density at radius 3 is 2.48 bits per heavy atom. The van der Waals surface area contributed by atoms with E-state index in [4.69, 9.17) is 11.6 Å². The van der Waals surface area contributed by atoms with Gasteiger partial charge in [-0.15, -0.1) is 0 Å². The summed E-state index contributed by atoms with van der Waals surface area (Å²) in [6, 6.07) is 12.7. The van der Waals surface area contributed by atoms with Crippen molar-refractivity contribution in [1.29, 1.82) is 0 Å². The number of carbonyl (C=O) groups excluding carboxylic acids is 1. The predicted molar refractivity (Wildman–Crippen MR) is 114 cm³/mol. The second kappa shape index (κ2) is 8.71. The second-order valence-electron chi connectivity index (χ2n) is 6.92. The van der Waals surface area contributed by atoms with Crippen molar-refractivity contribution in [3.63, 3.8) is 0 Å². The Hall–Kier alpha value is -3.49. The van der Waals surface area contributed by atoms with Crippen molar-refractivity contribution >= 4 is 23.0 Å². The summed E-state index contributed by atoms with van der Waals surface area (Å²) in [6.07, 6.45) is 3.00. The summed E-state index contributed by atoms with van der Waals surface area (Å²) in [5.74, 6) is -0.741. The predicted octanol–water partition coefficient (Wildman–Crippen LogP) is 2.76. The second-order valence-corrected chi connectivity index (χ2v) is 7.36. The average Bonchev–Trinajstić information content (AvgIpc) is 3.15. The van der Waals surface area contributed by atoms with Crippen LogP contribution < -0.4 is 10.9 Å². The summed E-state index contributed by atoms with van der Waals surface area (Å²) in [5.41, 5.74) is 1.84. The van der Waals surface area contributed by atoms with E-state index in [1.54, 1.807) is 24.3 Å². The lowest BCUT2D eigenvalue weighted by molar-refractivity contribution is -0.121. The van der Waals surface area contributed by atoms with Crippen molar-refractivity contribution in [1.82, 2.24) is 19.5 Å². The molecule has 9 heteroatoms. The van der Waals surface area contributed by atoms with E-state index in [1.807, 2.05) is 0 Å². The summed E-state index contributed by atoms with van der Waals surface area (Å²) in [4.78, 5) is 25.3. The molecule has 2 aromatic carbocycles. The van der Waals surface area contributed by atoms with Gasteiger partial charge in [0, 0.05) is 35.1 Å². The molecular weight excluding hydrogens is 423 g/mol. The maximum absolute atomic E-state index is 13.2. The number of aliphatic hydroxyl groups excluding tert-OH is 1. The van der Waals surface area contributed by atoms with Crippen LogP contribution in [0.1, 0.15) is 11.1 Å². The van der Waals surface area contributed by atoms with Crippen molar-refractivity contribution in [2.75, 3.05) is 0 Å². The van der Waals surface area contributed by atoms with Crippen LogP contribution in [0.2, 0.25) is 5.02 Å². The minimum absolute atomic E-state index is 0.162. The normalized spacial score (nSPS) is 11.1. The number of fused-ring (bicyclic) bond motifs is 1. The van der Waals surface area contributed by atoms with E-state index >= 15 is 0 Å². The Kier molecular flexibility index (Phi) is 5.83. The Balaban J connectivity index is 1.59. The molecule has 0 saturated carbocycles. The molecule has 0 radical (unpaired) electrons. The number of nitrogens with one attached hydrogen (secondary N) is 1. The lowest BCUT2D eigenvalue weighted by Gasteiger charge is -2.08. The molecule has 1 amide bonds. The molecule has 0 unspecified atom stereocenters. The first-order valence-corrected chi connectivity index (χ1v) is 9.82. The Bertz CT molecular complexity index is 1300. The number of hydrogen-bond donors (Lipinski definition) is 2. The largest absolute Gasteiger partial charge is 0.392 e. The molecule has 0 aliphatic carbocycles. The molecule has 0 atom stereocenters. The zero-order chi connectivity index (χ0) is 22.0. The van der Waals surface area contributed by atoms with Gasteiger partial charge in [0.2, 0.25) is 5.91 Å². The van der Waals surface area contributed by atoms with Gasteiger partial charge in [-0.2, -0.15) is 5.10 Å². The summed E-state index contributed by atoms with van der Waals surface area (Å²) >= 11 is 5.85. The van der Waals surface area contributed by atoms with Crippen LogP contribution in [0.5, 0.6) is 0 Å².